The van der Waals surface area contributed by atoms with Crippen LogP contribution in [0.15, 0.2) is 48.0 Å². The standard InChI is InChI=1S/C14H12N4O/c15-7-10-13(11-2-1-5-18-11)9-4-3-8(16)6-12(9)19-14(10)17/h1-6,13,18H,16-17H2/t13-/m1/s1. The van der Waals surface area contributed by atoms with Crippen LogP contribution >= 0.6 is 0 Å². The lowest BCUT2D eigenvalue weighted by Gasteiger charge is -2.25. The molecule has 3 rings (SSSR count). The van der Waals surface area contributed by atoms with Gasteiger partial charge in [0.2, 0.25) is 5.88 Å². The molecule has 5 N–H and O–H groups in total. The summed E-state index contributed by atoms with van der Waals surface area (Å²) in [5.41, 5.74) is 14.4. The highest BCUT2D eigenvalue weighted by atomic mass is 16.5. The molecule has 0 spiro atoms. The molecule has 2 aromatic rings. The van der Waals surface area contributed by atoms with E-state index in [2.05, 4.69) is 11.1 Å². The summed E-state index contributed by atoms with van der Waals surface area (Å²) in [7, 11) is 0. The number of anilines is 1. The van der Waals surface area contributed by atoms with Crippen LogP contribution < -0.4 is 16.2 Å². The minimum Gasteiger partial charge on any atom is -0.440 e. The van der Waals surface area contributed by atoms with E-state index in [1.54, 1.807) is 12.1 Å². The number of H-pyrrole nitrogens is 1. The largest absolute Gasteiger partial charge is 0.440 e. The van der Waals surface area contributed by atoms with E-state index in [1.165, 1.54) is 0 Å². The number of aromatic nitrogens is 1. The molecule has 0 amide bonds. The highest BCUT2D eigenvalue weighted by Crippen LogP contribution is 2.41. The van der Waals surface area contributed by atoms with E-state index in [1.807, 2.05) is 24.4 Å². The van der Waals surface area contributed by atoms with Gasteiger partial charge in [0.1, 0.15) is 17.4 Å². The Morgan fingerprint density at radius 1 is 1.26 bits per heavy atom. The second-order valence-electron chi connectivity index (χ2n) is 4.35. The molecule has 5 nitrogen and oxygen atoms in total. The van der Waals surface area contributed by atoms with Crippen molar-refractivity contribution in [3.63, 3.8) is 0 Å². The maximum absolute atomic E-state index is 9.30. The molecule has 2 heterocycles. The molecule has 1 aromatic heterocycles. The van der Waals surface area contributed by atoms with Gasteiger partial charge in [-0.05, 0) is 18.2 Å². The van der Waals surface area contributed by atoms with Crippen LogP contribution in [0.2, 0.25) is 0 Å². The Kier molecular flexibility index (Phi) is 2.43. The Bertz CT molecular complexity index is 695. The monoisotopic (exact) mass is 252 g/mol. The number of aromatic amines is 1. The first-order valence-corrected chi connectivity index (χ1v) is 5.81. The van der Waals surface area contributed by atoms with Gasteiger partial charge in [-0.2, -0.15) is 5.26 Å². The molecular formula is C14H12N4O. The molecule has 5 heteroatoms. The van der Waals surface area contributed by atoms with Gasteiger partial charge < -0.3 is 21.2 Å². The topological polar surface area (TPSA) is 101 Å². The Morgan fingerprint density at radius 3 is 2.79 bits per heavy atom. The number of hydrogen-bond donors (Lipinski definition) is 3. The molecule has 1 aromatic carbocycles. The first kappa shape index (κ1) is 11.2. The summed E-state index contributed by atoms with van der Waals surface area (Å²) in [6, 6.07) is 11.3. The van der Waals surface area contributed by atoms with E-state index in [0.717, 1.165) is 11.3 Å². The quantitative estimate of drug-likeness (QED) is 0.674. The minimum absolute atomic E-state index is 0.125. The van der Waals surface area contributed by atoms with E-state index >= 15 is 0 Å². The van der Waals surface area contributed by atoms with E-state index in [9.17, 15) is 5.26 Å². The Hall–Kier alpha value is -2.87. The van der Waals surface area contributed by atoms with Crippen molar-refractivity contribution in [1.29, 1.82) is 5.26 Å². The van der Waals surface area contributed by atoms with Crippen molar-refractivity contribution < 1.29 is 4.74 Å². The van der Waals surface area contributed by atoms with Gasteiger partial charge in [-0.3, -0.25) is 0 Å². The van der Waals surface area contributed by atoms with Gasteiger partial charge in [0.05, 0.1) is 5.92 Å². The third kappa shape index (κ3) is 1.70. The molecule has 0 fully saturated rings. The summed E-state index contributed by atoms with van der Waals surface area (Å²) in [6.45, 7) is 0. The van der Waals surface area contributed by atoms with Gasteiger partial charge in [-0.15, -0.1) is 0 Å². The highest BCUT2D eigenvalue weighted by molar-refractivity contribution is 5.58. The van der Waals surface area contributed by atoms with Crippen LogP contribution in [-0.4, -0.2) is 4.98 Å². The van der Waals surface area contributed by atoms with Gasteiger partial charge in [-0.25, -0.2) is 0 Å². The fraction of sp³-hybridized carbons (Fsp3) is 0.0714. The molecule has 0 unspecified atom stereocenters. The van der Waals surface area contributed by atoms with Crippen LogP contribution in [0.25, 0.3) is 0 Å². The lowest BCUT2D eigenvalue weighted by Crippen LogP contribution is -2.21. The summed E-state index contributed by atoms with van der Waals surface area (Å²) in [4.78, 5) is 3.12. The SMILES string of the molecule is N#CC1=C(N)Oc2cc(N)ccc2[C@H]1c1ccc[nH]1. The molecule has 0 saturated carbocycles. The second-order valence-corrected chi connectivity index (χ2v) is 4.35. The number of ether oxygens (including phenoxy) is 1. The normalized spacial score (nSPS) is 17.5. The zero-order valence-corrected chi connectivity index (χ0v) is 10.1. The van der Waals surface area contributed by atoms with Crippen LogP contribution in [0.1, 0.15) is 17.2 Å². The van der Waals surface area contributed by atoms with Crippen LogP contribution in [0, 0.1) is 11.3 Å². The molecule has 0 saturated heterocycles. The van der Waals surface area contributed by atoms with E-state index in [-0.39, 0.29) is 11.8 Å². The molecule has 1 aliphatic heterocycles. The second kappa shape index (κ2) is 4.10. The van der Waals surface area contributed by atoms with Crippen LogP contribution in [0.3, 0.4) is 0 Å². The number of nitriles is 1. The van der Waals surface area contributed by atoms with Crippen LogP contribution in [0.5, 0.6) is 5.75 Å². The first-order chi connectivity index (χ1) is 9.20. The molecule has 0 bridgehead atoms. The van der Waals surface area contributed by atoms with Gasteiger partial charge >= 0.3 is 0 Å². The van der Waals surface area contributed by atoms with Crippen molar-refractivity contribution in [3.05, 3.63) is 59.2 Å². The predicted molar refractivity (Wildman–Crippen MR) is 70.9 cm³/mol. The van der Waals surface area contributed by atoms with Crippen LogP contribution in [0.4, 0.5) is 5.69 Å². The molecular weight excluding hydrogens is 240 g/mol. The summed E-state index contributed by atoms with van der Waals surface area (Å²) in [6.07, 6.45) is 1.81. The maximum atomic E-state index is 9.30. The fourth-order valence-electron chi connectivity index (χ4n) is 2.32. The lowest BCUT2D eigenvalue weighted by molar-refractivity contribution is 0.393. The lowest BCUT2D eigenvalue weighted by atomic mass is 9.86. The van der Waals surface area contributed by atoms with Crippen molar-refractivity contribution in [2.45, 2.75) is 5.92 Å². The highest BCUT2D eigenvalue weighted by Gasteiger charge is 2.31. The molecule has 19 heavy (non-hydrogen) atoms. The third-order valence-electron chi connectivity index (χ3n) is 3.18. The van der Waals surface area contributed by atoms with Crippen molar-refractivity contribution in [3.8, 4) is 11.8 Å². The zero-order chi connectivity index (χ0) is 13.4. The number of allylic oxidation sites excluding steroid dienone is 1. The number of nitrogens with two attached hydrogens (primary N) is 2. The Balaban J connectivity index is 2.23. The summed E-state index contributed by atoms with van der Waals surface area (Å²) >= 11 is 0. The van der Waals surface area contributed by atoms with Crippen molar-refractivity contribution in [1.82, 2.24) is 4.98 Å². The van der Waals surface area contributed by atoms with E-state index in [0.29, 0.717) is 17.0 Å². The van der Waals surface area contributed by atoms with Crippen LogP contribution in [-0.2, 0) is 0 Å². The van der Waals surface area contributed by atoms with Crippen molar-refractivity contribution in [2.24, 2.45) is 5.73 Å². The Morgan fingerprint density at radius 2 is 2.11 bits per heavy atom. The average Bonchev–Trinajstić information content (AvgIpc) is 2.90. The molecule has 1 atom stereocenters. The summed E-state index contributed by atoms with van der Waals surface area (Å²) in [5.74, 6) is 0.473. The van der Waals surface area contributed by atoms with Gasteiger partial charge in [0.15, 0.2) is 0 Å². The number of nitrogens with one attached hydrogen (secondary N) is 1. The zero-order valence-electron chi connectivity index (χ0n) is 10.1. The number of fused-ring (bicyclic) bond motifs is 1. The number of hydrogen-bond acceptors (Lipinski definition) is 4. The van der Waals surface area contributed by atoms with Crippen molar-refractivity contribution in [2.75, 3.05) is 5.73 Å². The molecule has 94 valence electrons. The van der Waals surface area contributed by atoms with Gasteiger partial charge in [0.25, 0.3) is 0 Å². The number of nitrogens with zero attached hydrogens (tertiary/aromatic N) is 1. The van der Waals surface area contributed by atoms with E-state index in [4.69, 9.17) is 16.2 Å². The summed E-state index contributed by atoms with van der Waals surface area (Å²) in [5, 5.41) is 9.30. The van der Waals surface area contributed by atoms with Gasteiger partial charge in [-0.1, -0.05) is 6.07 Å². The fourth-order valence-corrected chi connectivity index (χ4v) is 2.32. The molecule has 1 aliphatic rings. The first-order valence-electron chi connectivity index (χ1n) is 5.81. The molecule has 0 aliphatic carbocycles. The van der Waals surface area contributed by atoms with E-state index < -0.39 is 0 Å². The summed E-state index contributed by atoms with van der Waals surface area (Å²) < 4.78 is 5.49. The molecule has 0 radical (unpaired) electrons. The van der Waals surface area contributed by atoms with Gasteiger partial charge in [0, 0.05) is 29.2 Å². The third-order valence-corrected chi connectivity index (χ3v) is 3.18. The Labute approximate surface area is 110 Å². The predicted octanol–water partition coefficient (Wildman–Crippen LogP) is 1.82. The number of benzene rings is 1. The number of nitrogen functional groups attached to an aromatic ring is 1. The smallest absolute Gasteiger partial charge is 0.205 e. The number of rotatable bonds is 1. The maximum Gasteiger partial charge on any atom is 0.205 e. The minimum atomic E-state index is -0.246. The average molecular weight is 252 g/mol. The van der Waals surface area contributed by atoms with Crippen molar-refractivity contribution >= 4 is 5.69 Å².